The van der Waals surface area contributed by atoms with Crippen LogP contribution in [0.15, 0.2) is 42.5 Å². The van der Waals surface area contributed by atoms with Gasteiger partial charge >= 0.3 is 0 Å². The molecule has 2 heteroatoms. The molecule has 0 radical (unpaired) electrons. The van der Waals surface area contributed by atoms with Gasteiger partial charge in [-0.3, -0.25) is 4.79 Å². The summed E-state index contributed by atoms with van der Waals surface area (Å²) in [5.74, 6) is 0.0331. The minimum absolute atomic E-state index is 0.0331. The Morgan fingerprint density at radius 3 is 1.61 bits per heavy atom. The molecule has 152 valence electrons. The van der Waals surface area contributed by atoms with Crippen LogP contribution in [-0.4, -0.2) is 5.91 Å². The summed E-state index contributed by atoms with van der Waals surface area (Å²) in [6.07, 6.45) is 0.384. The van der Waals surface area contributed by atoms with Crippen LogP contribution in [-0.2, 0) is 27.5 Å². The third-order valence-electron chi connectivity index (χ3n) is 5.09. The van der Waals surface area contributed by atoms with Crippen LogP contribution in [0.1, 0.15) is 84.6 Å². The molecule has 1 amide bonds. The molecule has 0 aliphatic carbocycles. The molecule has 0 bridgehead atoms. The fraction of sp³-hybridized carbons (Fsp3) is 0.500. The van der Waals surface area contributed by atoms with Gasteiger partial charge in [0.05, 0.1) is 6.42 Å². The largest absolute Gasteiger partial charge is 0.325 e. The third-order valence-corrected chi connectivity index (χ3v) is 5.09. The van der Waals surface area contributed by atoms with Gasteiger partial charge in [0.1, 0.15) is 0 Å². The molecule has 0 saturated carbocycles. The summed E-state index contributed by atoms with van der Waals surface area (Å²) in [6.45, 7) is 20.0. The van der Waals surface area contributed by atoms with Gasteiger partial charge < -0.3 is 5.32 Å². The van der Waals surface area contributed by atoms with Crippen LogP contribution < -0.4 is 5.32 Å². The lowest BCUT2D eigenvalue weighted by atomic mass is 9.74. The fourth-order valence-electron chi connectivity index (χ4n) is 3.36. The van der Waals surface area contributed by atoms with Crippen molar-refractivity contribution in [1.29, 1.82) is 0 Å². The molecule has 0 aliphatic rings. The Bertz CT molecular complexity index is 792. The second kappa shape index (κ2) is 7.73. The molecular formula is C26H37NO. The van der Waals surface area contributed by atoms with Crippen molar-refractivity contribution in [1.82, 2.24) is 0 Å². The average molecular weight is 380 g/mol. The lowest BCUT2D eigenvalue weighted by Gasteiger charge is -2.33. The van der Waals surface area contributed by atoms with Gasteiger partial charge in [-0.15, -0.1) is 0 Å². The molecule has 1 N–H and O–H groups in total. The van der Waals surface area contributed by atoms with Crippen molar-refractivity contribution in [2.45, 2.75) is 85.0 Å². The number of carbonyl (C=O) groups excluding carboxylic acids is 1. The summed E-state index contributed by atoms with van der Waals surface area (Å²) < 4.78 is 0. The summed E-state index contributed by atoms with van der Waals surface area (Å²) in [5.41, 5.74) is 5.62. The van der Waals surface area contributed by atoms with Crippen molar-refractivity contribution in [3.63, 3.8) is 0 Å². The Kier molecular flexibility index (Phi) is 6.13. The van der Waals surface area contributed by atoms with E-state index in [1.165, 1.54) is 16.7 Å². The minimum Gasteiger partial charge on any atom is -0.325 e. The van der Waals surface area contributed by atoms with E-state index in [4.69, 9.17) is 0 Å². The first-order valence-corrected chi connectivity index (χ1v) is 10.2. The number of hydrogen-bond donors (Lipinski definition) is 1. The highest BCUT2D eigenvalue weighted by atomic mass is 16.1. The van der Waals surface area contributed by atoms with Gasteiger partial charge in [-0.05, 0) is 38.5 Å². The van der Waals surface area contributed by atoms with Crippen molar-refractivity contribution in [2.24, 2.45) is 0 Å². The number of hydrogen-bond acceptors (Lipinski definition) is 1. The van der Waals surface area contributed by atoms with Crippen molar-refractivity contribution in [3.05, 3.63) is 64.7 Å². The summed E-state index contributed by atoms with van der Waals surface area (Å²) in [6, 6.07) is 14.5. The molecule has 0 aliphatic heterocycles. The predicted molar refractivity (Wildman–Crippen MR) is 121 cm³/mol. The molecule has 2 nitrogen and oxygen atoms in total. The van der Waals surface area contributed by atoms with Crippen LogP contribution in [0.25, 0.3) is 0 Å². The molecule has 0 fully saturated rings. The van der Waals surface area contributed by atoms with Gasteiger partial charge in [0.2, 0.25) is 5.91 Å². The summed E-state index contributed by atoms with van der Waals surface area (Å²) >= 11 is 0. The molecular weight excluding hydrogens is 342 g/mol. The van der Waals surface area contributed by atoms with Crippen LogP contribution in [0.3, 0.4) is 0 Å². The van der Waals surface area contributed by atoms with Gasteiger partial charge in [0.25, 0.3) is 0 Å². The second-order valence-corrected chi connectivity index (χ2v) is 10.9. The number of anilines is 1. The molecule has 0 saturated heterocycles. The Hall–Kier alpha value is -2.09. The maximum Gasteiger partial charge on any atom is 0.228 e. The molecule has 0 atom stereocenters. The zero-order chi connectivity index (χ0) is 21.3. The van der Waals surface area contributed by atoms with Crippen LogP contribution in [0, 0.1) is 0 Å². The molecule has 0 unspecified atom stereocenters. The van der Waals surface area contributed by atoms with E-state index in [2.05, 4.69) is 79.8 Å². The topological polar surface area (TPSA) is 29.1 Å². The number of amides is 1. The van der Waals surface area contributed by atoms with E-state index in [1.807, 2.05) is 30.3 Å². The monoisotopic (exact) mass is 379 g/mol. The maximum atomic E-state index is 12.9. The van der Waals surface area contributed by atoms with Crippen molar-refractivity contribution in [3.8, 4) is 0 Å². The fourth-order valence-corrected chi connectivity index (χ4v) is 3.36. The highest BCUT2D eigenvalue weighted by molar-refractivity contribution is 5.94. The van der Waals surface area contributed by atoms with E-state index in [0.29, 0.717) is 6.42 Å². The Balaban J connectivity index is 2.58. The molecule has 0 aromatic heterocycles. The van der Waals surface area contributed by atoms with Crippen molar-refractivity contribution < 1.29 is 4.79 Å². The zero-order valence-corrected chi connectivity index (χ0v) is 19.2. The van der Waals surface area contributed by atoms with Gasteiger partial charge in [-0.1, -0.05) is 105 Å². The van der Waals surface area contributed by atoms with E-state index in [9.17, 15) is 4.79 Å². The van der Waals surface area contributed by atoms with Crippen molar-refractivity contribution >= 4 is 11.6 Å². The second-order valence-electron chi connectivity index (χ2n) is 10.9. The van der Waals surface area contributed by atoms with E-state index in [-0.39, 0.29) is 22.2 Å². The lowest BCUT2D eigenvalue weighted by molar-refractivity contribution is -0.115. The van der Waals surface area contributed by atoms with Crippen LogP contribution in [0.2, 0.25) is 0 Å². The SMILES string of the molecule is CC(C)(C)c1cc(C(C)(C)C)c(NC(=O)Cc2ccccc2)c(C(C)(C)C)c1. The van der Waals surface area contributed by atoms with Crippen molar-refractivity contribution in [2.75, 3.05) is 5.32 Å². The molecule has 0 spiro atoms. The van der Waals surface area contributed by atoms with Gasteiger partial charge in [0, 0.05) is 5.69 Å². The first-order chi connectivity index (χ1) is 12.7. The van der Waals surface area contributed by atoms with Crippen LogP contribution >= 0.6 is 0 Å². The quantitative estimate of drug-likeness (QED) is 0.627. The number of carbonyl (C=O) groups is 1. The minimum atomic E-state index is -0.0728. The van der Waals surface area contributed by atoms with Gasteiger partial charge in [-0.2, -0.15) is 0 Å². The third kappa shape index (κ3) is 5.47. The van der Waals surface area contributed by atoms with Crippen LogP contribution in [0.4, 0.5) is 5.69 Å². The molecule has 2 aromatic carbocycles. The average Bonchev–Trinajstić information content (AvgIpc) is 2.52. The first-order valence-electron chi connectivity index (χ1n) is 10.2. The molecule has 0 heterocycles. The number of benzene rings is 2. The Morgan fingerprint density at radius 1 is 0.750 bits per heavy atom. The van der Waals surface area contributed by atoms with E-state index in [1.54, 1.807) is 0 Å². The molecule has 2 aromatic rings. The standard InChI is InChI=1S/C26H37NO/c1-24(2,3)19-16-20(25(4,5)6)23(21(17-19)26(7,8)9)27-22(28)15-18-13-11-10-12-14-18/h10-14,16-17H,15H2,1-9H3,(H,27,28). The zero-order valence-electron chi connectivity index (χ0n) is 19.2. The van der Waals surface area contributed by atoms with Gasteiger partial charge in [0.15, 0.2) is 0 Å². The maximum absolute atomic E-state index is 12.9. The molecule has 28 heavy (non-hydrogen) atoms. The Morgan fingerprint density at radius 2 is 1.21 bits per heavy atom. The summed E-state index contributed by atoms with van der Waals surface area (Å²) in [7, 11) is 0. The lowest BCUT2D eigenvalue weighted by Crippen LogP contribution is -2.26. The normalized spacial score (nSPS) is 12.8. The predicted octanol–water partition coefficient (Wildman–Crippen LogP) is 6.76. The smallest absolute Gasteiger partial charge is 0.228 e. The summed E-state index contributed by atoms with van der Waals surface area (Å²) in [4.78, 5) is 12.9. The summed E-state index contributed by atoms with van der Waals surface area (Å²) in [5, 5.41) is 3.28. The van der Waals surface area contributed by atoms with E-state index >= 15 is 0 Å². The highest BCUT2D eigenvalue weighted by Crippen LogP contribution is 2.41. The highest BCUT2D eigenvalue weighted by Gasteiger charge is 2.29. The van der Waals surface area contributed by atoms with E-state index < -0.39 is 0 Å². The molecule has 2 rings (SSSR count). The van der Waals surface area contributed by atoms with E-state index in [0.717, 1.165) is 11.3 Å². The first kappa shape index (κ1) is 22.2. The number of nitrogens with one attached hydrogen (secondary N) is 1. The van der Waals surface area contributed by atoms with Gasteiger partial charge in [-0.25, -0.2) is 0 Å². The number of rotatable bonds is 3. The Labute approximate surface area is 171 Å². The van der Waals surface area contributed by atoms with Crippen LogP contribution in [0.5, 0.6) is 0 Å².